The lowest BCUT2D eigenvalue weighted by atomic mass is 9.84. The first kappa shape index (κ1) is 23.3. The van der Waals surface area contributed by atoms with Crippen molar-refractivity contribution in [3.05, 3.63) is 76.3 Å². The van der Waals surface area contributed by atoms with Crippen LogP contribution >= 0.6 is 0 Å². The Kier molecular flexibility index (Phi) is 6.45. The average Bonchev–Trinajstić information content (AvgIpc) is 3.60. The number of nitrogens with one attached hydrogen (secondary N) is 1. The third-order valence-corrected chi connectivity index (χ3v) is 7.67. The molecule has 5 rings (SSSR count). The summed E-state index contributed by atoms with van der Waals surface area (Å²) in [6.07, 6.45) is 6.30. The fraction of sp³-hybridized carbons (Fsp3) is 0.444. The molecule has 184 valence electrons. The molecule has 0 bridgehead atoms. The third-order valence-electron chi connectivity index (χ3n) is 7.67. The number of aromatic nitrogens is 2. The van der Waals surface area contributed by atoms with Crippen molar-refractivity contribution in [2.24, 2.45) is 5.92 Å². The van der Waals surface area contributed by atoms with Gasteiger partial charge in [0.15, 0.2) is 5.69 Å². The van der Waals surface area contributed by atoms with E-state index in [-0.39, 0.29) is 29.6 Å². The monoisotopic (exact) mass is 478 g/mol. The SMILES string of the molecule is Cc1occc1C(=O)N(C)C(Cc1ccccc1F)C1CCN(C(=O)c2n[nH]c3c2CCC3)CC1. The number of likely N-dealkylation sites (tertiary alicyclic amines) is 1. The normalized spacial score (nSPS) is 16.8. The highest BCUT2D eigenvalue weighted by Crippen LogP contribution is 2.30. The molecule has 1 atom stereocenters. The van der Waals surface area contributed by atoms with E-state index in [4.69, 9.17) is 4.42 Å². The summed E-state index contributed by atoms with van der Waals surface area (Å²) in [6.45, 7) is 2.94. The number of benzene rings is 1. The van der Waals surface area contributed by atoms with Crippen molar-refractivity contribution in [3.63, 3.8) is 0 Å². The molecule has 3 heterocycles. The summed E-state index contributed by atoms with van der Waals surface area (Å²) in [7, 11) is 1.78. The van der Waals surface area contributed by atoms with Gasteiger partial charge in [0.25, 0.3) is 11.8 Å². The highest BCUT2D eigenvalue weighted by molar-refractivity contribution is 5.95. The van der Waals surface area contributed by atoms with Crippen molar-refractivity contribution in [2.75, 3.05) is 20.1 Å². The van der Waals surface area contributed by atoms with E-state index in [1.165, 1.54) is 12.3 Å². The highest BCUT2D eigenvalue weighted by atomic mass is 19.1. The molecule has 1 fully saturated rings. The van der Waals surface area contributed by atoms with E-state index in [0.29, 0.717) is 42.1 Å². The molecular weight excluding hydrogens is 447 g/mol. The Morgan fingerprint density at radius 3 is 2.71 bits per heavy atom. The van der Waals surface area contributed by atoms with Crippen molar-refractivity contribution < 1.29 is 18.4 Å². The van der Waals surface area contributed by atoms with Crippen LogP contribution in [0.3, 0.4) is 0 Å². The van der Waals surface area contributed by atoms with Gasteiger partial charge in [-0.25, -0.2) is 4.39 Å². The molecule has 2 amide bonds. The van der Waals surface area contributed by atoms with Crippen LogP contribution in [0.1, 0.15) is 62.7 Å². The summed E-state index contributed by atoms with van der Waals surface area (Å²) in [6, 6.07) is 8.20. The van der Waals surface area contributed by atoms with Crippen LogP contribution in [-0.2, 0) is 19.3 Å². The summed E-state index contributed by atoms with van der Waals surface area (Å²) in [4.78, 5) is 30.1. The van der Waals surface area contributed by atoms with E-state index < -0.39 is 0 Å². The van der Waals surface area contributed by atoms with Gasteiger partial charge in [0, 0.05) is 37.4 Å². The third kappa shape index (κ3) is 4.49. The lowest BCUT2D eigenvalue weighted by Crippen LogP contribution is -2.48. The first-order valence-corrected chi connectivity index (χ1v) is 12.3. The summed E-state index contributed by atoms with van der Waals surface area (Å²) >= 11 is 0. The second-order valence-electron chi connectivity index (χ2n) is 9.68. The van der Waals surface area contributed by atoms with E-state index >= 15 is 0 Å². The van der Waals surface area contributed by atoms with Crippen LogP contribution < -0.4 is 0 Å². The summed E-state index contributed by atoms with van der Waals surface area (Å²) in [5.41, 5.74) is 3.82. The Morgan fingerprint density at radius 2 is 2.00 bits per heavy atom. The number of likely N-dealkylation sites (N-methyl/N-ethyl adjacent to an activating group) is 1. The summed E-state index contributed by atoms with van der Waals surface area (Å²) in [5.74, 6) is 0.274. The molecule has 1 saturated heterocycles. The van der Waals surface area contributed by atoms with Gasteiger partial charge in [-0.3, -0.25) is 14.7 Å². The number of fused-ring (bicyclic) bond motifs is 1. The van der Waals surface area contributed by atoms with Crippen molar-refractivity contribution in [2.45, 2.75) is 51.5 Å². The number of H-pyrrole nitrogens is 1. The maximum absolute atomic E-state index is 14.6. The number of carbonyl (C=O) groups is 2. The van der Waals surface area contributed by atoms with Gasteiger partial charge in [0.1, 0.15) is 11.6 Å². The van der Waals surface area contributed by atoms with Crippen LogP contribution in [0.4, 0.5) is 4.39 Å². The van der Waals surface area contributed by atoms with Crippen molar-refractivity contribution in [1.82, 2.24) is 20.0 Å². The topological polar surface area (TPSA) is 82.4 Å². The Hall–Kier alpha value is -3.42. The Bertz CT molecular complexity index is 1220. The van der Waals surface area contributed by atoms with E-state index in [2.05, 4.69) is 10.2 Å². The van der Waals surface area contributed by atoms with Crippen molar-refractivity contribution in [1.29, 1.82) is 0 Å². The van der Waals surface area contributed by atoms with Crippen LogP contribution in [-0.4, -0.2) is 58.0 Å². The zero-order chi connectivity index (χ0) is 24.5. The van der Waals surface area contributed by atoms with Gasteiger partial charge in [-0.1, -0.05) is 18.2 Å². The number of aryl methyl sites for hydroxylation is 2. The van der Waals surface area contributed by atoms with Crippen LogP contribution in [0.25, 0.3) is 0 Å². The number of nitrogens with zero attached hydrogens (tertiary/aromatic N) is 3. The predicted octanol–water partition coefficient (Wildman–Crippen LogP) is 4.17. The first-order valence-electron chi connectivity index (χ1n) is 12.3. The smallest absolute Gasteiger partial charge is 0.274 e. The largest absolute Gasteiger partial charge is 0.469 e. The Balaban J connectivity index is 1.33. The van der Waals surface area contributed by atoms with Crippen molar-refractivity contribution >= 4 is 11.8 Å². The van der Waals surface area contributed by atoms with E-state index in [9.17, 15) is 14.0 Å². The number of amides is 2. The standard InChI is InChI=1S/C27H31FN4O3/c1-17-20(12-15-35-17)26(33)31(2)24(16-19-6-3-4-8-22(19)28)18-10-13-32(14-11-18)27(34)25-21-7-5-9-23(21)29-30-25/h3-4,6,8,12,15,18,24H,5,7,9-11,13-14,16H2,1-2H3,(H,29,30). The molecule has 2 aliphatic rings. The molecule has 1 aliphatic heterocycles. The predicted molar refractivity (Wildman–Crippen MR) is 129 cm³/mol. The molecule has 1 N–H and O–H groups in total. The molecule has 0 radical (unpaired) electrons. The Labute approximate surface area is 204 Å². The number of rotatable bonds is 6. The number of piperidine rings is 1. The van der Waals surface area contributed by atoms with Crippen molar-refractivity contribution in [3.8, 4) is 0 Å². The maximum atomic E-state index is 14.6. The molecule has 8 heteroatoms. The fourth-order valence-electron chi connectivity index (χ4n) is 5.59. The number of aromatic amines is 1. The molecule has 0 spiro atoms. The highest BCUT2D eigenvalue weighted by Gasteiger charge is 2.35. The minimum absolute atomic E-state index is 0.0213. The van der Waals surface area contributed by atoms with Gasteiger partial charge in [-0.15, -0.1) is 0 Å². The summed E-state index contributed by atoms with van der Waals surface area (Å²) in [5, 5.41) is 7.33. The van der Waals surface area contributed by atoms with Gasteiger partial charge in [0.2, 0.25) is 0 Å². The second kappa shape index (κ2) is 9.68. The number of hydrogen-bond donors (Lipinski definition) is 1. The van der Waals surface area contributed by atoms with Gasteiger partial charge in [-0.2, -0.15) is 5.10 Å². The van der Waals surface area contributed by atoms with Gasteiger partial charge < -0.3 is 14.2 Å². The van der Waals surface area contributed by atoms with E-state index in [0.717, 1.165) is 43.4 Å². The van der Waals surface area contributed by atoms with Gasteiger partial charge >= 0.3 is 0 Å². The molecule has 1 aliphatic carbocycles. The number of carbonyl (C=O) groups excluding carboxylic acids is 2. The van der Waals surface area contributed by atoms with Crippen LogP contribution in [0.2, 0.25) is 0 Å². The molecule has 1 aromatic carbocycles. The molecule has 0 saturated carbocycles. The minimum atomic E-state index is -0.266. The van der Waals surface area contributed by atoms with Crippen LogP contribution in [0, 0.1) is 18.7 Å². The molecule has 1 unspecified atom stereocenters. The molecule has 7 nitrogen and oxygen atoms in total. The lowest BCUT2D eigenvalue weighted by Gasteiger charge is -2.40. The average molecular weight is 479 g/mol. The van der Waals surface area contributed by atoms with Crippen LogP contribution in [0.5, 0.6) is 0 Å². The maximum Gasteiger partial charge on any atom is 0.274 e. The van der Waals surface area contributed by atoms with Crippen LogP contribution in [0.15, 0.2) is 41.0 Å². The zero-order valence-corrected chi connectivity index (χ0v) is 20.2. The zero-order valence-electron chi connectivity index (χ0n) is 20.2. The minimum Gasteiger partial charge on any atom is -0.469 e. The molecular formula is C27H31FN4O3. The van der Waals surface area contributed by atoms with Gasteiger partial charge in [0.05, 0.1) is 11.8 Å². The van der Waals surface area contributed by atoms with E-state index in [1.54, 1.807) is 37.1 Å². The number of furan rings is 1. The van der Waals surface area contributed by atoms with E-state index in [1.807, 2.05) is 11.0 Å². The summed E-state index contributed by atoms with van der Waals surface area (Å²) < 4.78 is 19.9. The quantitative estimate of drug-likeness (QED) is 0.576. The molecule has 35 heavy (non-hydrogen) atoms. The first-order chi connectivity index (χ1) is 16.9. The second-order valence-corrected chi connectivity index (χ2v) is 9.68. The Morgan fingerprint density at radius 1 is 1.23 bits per heavy atom. The number of hydrogen-bond acceptors (Lipinski definition) is 4. The molecule has 3 aromatic rings. The lowest BCUT2D eigenvalue weighted by molar-refractivity contribution is 0.0517. The fourth-order valence-corrected chi connectivity index (χ4v) is 5.59. The van der Waals surface area contributed by atoms with Gasteiger partial charge in [-0.05, 0) is 69.1 Å². The molecule has 2 aromatic heterocycles. The number of halogens is 1.